The van der Waals surface area contributed by atoms with Gasteiger partial charge in [-0.25, -0.2) is 0 Å². The van der Waals surface area contributed by atoms with Gasteiger partial charge in [-0.15, -0.1) is 0 Å². The van der Waals surface area contributed by atoms with Gasteiger partial charge in [-0.05, 0) is 43.4 Å². The van der Waals surface area contributed by atoms with Gasteiger partial charge in [0, 0.05) is 23.7 Å². The van der Waals surface area contributed by atoms with Crippen molar-refractivity contribution in [1.82, 2.24) is 15.1 Å². The SMILES string of the molecule is Cc1nn(Cc2ccccc2)c(C)c1CNC(=O)C1CC1c1ccccc1C(F)(F)F. The lowest BCUT2D eigenvalue weighted by atomic mass is 10.0. The van der Waals surface area contributed by atoms with Crippen molar-refractivity contribution in [1.29, 1.82) is 0 Å². The second kappa shape index (κ2) is 8.21. The number of alkyl halides is 3. The smallest absolute Gasteiger partial charge is 0.352 e. The lowest BCUT2D eigenvalue weighted by Crippen LogP contribution is -2.25. The first-order valence-electron chi connectivity index (χ1n) is 10.3. The summed E-state index contributed by atoms with van der Waals surface area (Å²) in [5.41, 5.74) is 3.44. The van der Waals surface area contributed by atoms with Crippen LogP contribution in [0.5, 0.6) is 0 Å². The molecule has 1 N–H and O–H groups in total. The van der Waals surface area contributed by atoms with E-state index in [4.69, 9.17) is 0 Å². The molecule has 1 saturated carbocycles. The zero-order valence-corrected chi connectivity index (χ0v) is 17.4. The normalized spacial score (nSPS) is 18.1. The predicted octanol–water partition coefficient (Wildman–Crippen LogP) is 4.99. The largest absolute Gasteiger partial charge is 0.416 e. The van der Waals surface area contributed by atoms with Gasteiger partial charge in [-0.3, -0.25) is 9.48 Å². The Morgan fingerprint density at radius 3 is 2.48 bits per heavy atom. The molecule has 4 rings (SSSR count). The van der Waals surface area contributed by atoms with Crippen LogP contribution in [0.3, 0.4) is 0 Å². The molecule has 1 amide bonds. The third-order valence-electron chi connectivity index (χ3n) is 5.94. The number of hydrogen-bond donors (Lipinski definition) is 1. The van der Waals surface area contributed by atoms with Gasteiger partial charge in [0.2, 0.25) is 5.91 Å². The van der Waals surface area contributed by atoms with Crippen LogP contribution in [0.1, 0.15) is 46.0 Å². The zero-order valence-electron chi connectivity index (χ0n) is 17.4. The molecule has 1 aliphatic rings. The molecule has 0 radical (unpaired) electrons. The molecule has 2 unspecified atom stereocenters. The van der Waals surface area contributed by atoms with Gasteiger partial charge in [0.25, 0.3) is 0 Å². The fourth-order valence-corrected chi connectivity index (χ4v) is 4.11. The molecule has 0 spiro atoms. The highest BCUT2D eigenvalue weighted by atomic mass is 19.4. The number of halogens is 3. The van der Waals surface area contributed by atoms with Crippen molar-refractivity contribution in [3.8, 4) is 0 Å². The molecule has 1 aliphatic carbocycles. The van der Waals surface area contributed by atoms with E-state index in [1.54, 1.807) is 6.07 Å². The molecule has 31 heavy (non-hydrogen) atoms. The fraction of sp³-hybridized carbons (Fsp3) is 0.333. The summed E-state index contributed by atoms with van der Waals surface area (Å²) in [7, 11) is 0. The van der Waals surface area contributed by atoms with Crippen molar-refractivity contribution in [2.45, 2.75) is 45.5 Å². The Kier molecular flexibility index (Phi) is 5.60. The second-order valence-electron chi connectivity index (χ2n) is 8.04. The van der Waals surface area contributed by atoms with Crippen molar-refractivity contribution in [3.05, 3.63) is 88.2 Å². The van der Waals surface area contributed by atoms with Crippen molar-refractivity contribution in [3.63, 3.8) is 0 Å². The maximum Gasteiger partial charge on any atom is 0.416 e. The quantitative estimate of drug-likeness (QED) is 0.603. The Morgan fingerprint density at radius 2 is 1.77 bits per heavy atom. The van der Waals surface area contributed by atoms with E-state index < -0.39 is 17.7 Å². The third kappa shape index (κ3) is 4.50. The molecule has 4 nitrogen and oxygen atoms in total. The monoisotopic (exact) mass is 427 g/mol. The molecule has 7 heteroatoms. The van der Waals surface area contributed by atoms with E-state index in [9.17, 15) is 18.0 Å². The highest BCUT2D eigenvalue weighted by molar-refractivity contribution is 5.83. The number of hydrogen-bond acceptors (Lipinski definition) is 2. The topological polar surface area (TPSA) is 46.9 Å². The predicted molar refractivity (Wildman–Crippen MR) is 111 cm³/mol. The summed E-state index contributed by atoms with van der Waals surface area (Å²) < 4.78 is 41.7. The van der Waals surface area contributed by atoms with E-state index in [1.165, 1.54) is 12.1 Å². The molecule has 2 atom stereocenters. The lowest BCUT2D eigenvalue weighted by molar-refractivity contribution is -0.138. The van der Waals surface area contributed by atoms with Crippen LogP contribution in [0.2, 0.25) is 0 Å². The van der Waals surface area contributed by atoms with Gasteiger partial charge < -0.3 is 5.32 Å². The summed E-state index contributed by atoms with van der Waals surface area (Å²) in [6.07, 6.45) is -3.98. The van der Waals surface area contributed by atoms with Crippen molar-refractivity contribution in [2.75, 3.05) is 0 Å². The fourth-order valence-electron chi connectivity index (χ4n) is 4.11. The third-order valence-corrected chi connectivity index (χ3v) is 5.94. The van der Waals surface area contributed by atoms with Crippen LogP contribution < -0.4 is 5.32 Å². The molecule has 1 heterocycles. The number of benzene rings is 2. The first-order chi connectivity index (χ1) is 14.8. The molecule has 0 saturated heterocycles. The van der Waals surface area contributed by atoms with Gasteiger partial charge in [0.15, 0.2) is 0 Å². The molecule has 0 aliphatic heterocycles. The molecule has 1 aromatic heterocycles. The number of rotatable bonds is 6. The van der Waals surface area contributed by atoms with Crippen LogP contribution in [0.25, 0.3) is 0 Å². The van der Waals surface area contributed by atoms with Crippen molar-refractivity contribution in [2.24, 2.45) is 5.92 Å². The average molecular weight is 427 g/mol. The molecule has 0 bridgehead atoms. The van der Waals surface area contributed by atoms with Crippen LogP contribution >= 0.6 is 0 Å². The van der Waals surface area contributed by atoms with Crippen LogP contribution in [-0.2, 0) is 24.1 Å². The number of nitrogens with one attached hydrogen (secondary N) is 1. The van der Waals surface area contributed by atoms with Crippen LogP contribution in [-0.4, -0.2) is 15.7 Å². The van der Waals surface area contributed by atoms with E-state index in [2.05, 4.69) is 10.4 Å². The lowest BCUT2D eigenvalue weighted by Gasteiger charge is -2.12. The number of carbonyl (C=O) groups is 1. The van der Waals surface area contributed by atoms with Crippen molar-refractivity contribution < 1.29 is 18.0 Å². The molecule has 162 valence electrons. The Morgan fingerprint density at radius 1 is 1.10 bits per heavy atom. The summed E-state index contributed by atoms with van der Waals surface area (Å²) in [5, 5.41) is 7.49. The number of aromatic nitrogens is 2. The van der Waals surface area contributed by atoms with E-state index >= 15 is 0 Å². The Labute approximate surface area is 179 Å². The molecule has 1 fully saturated rings. The van der Waals surface area contributed by atoms with Crippen molar-refractivity contribution >= 4 is 5.91 Å². The summed E-state index contributed by atoms with van der Waals surface area (Å²) in [6.45, 7) is 4.81. The van der Waals surface area contributed by atoms with Gasteiger partial charge in [0.1, 0.15) is 0 Å². The Balaban J connectivity index is 1.41. The summed E-state index contributed by atoms with van der Waals surface area (Å²) >= 11 is 0. The maximum absolute atomic E-state index is 13.3. The van der Waals surface area contributed by atoms with E-state index in [0.717, 1.165) is 28.6 Å². The minimum absolute atomic E-state index is 0.207. The van der Waals surface area contributed by atoms with E-state index in [1.807, 2.05) is 48.9 Å². The summed E-state index contributed by atoms with van der Waals surface area (Å²) in [6, 6.07) is 15.5. The summed E-state index contributed by atoms with van der Waals surface area (Å²) in [5.74, 6) is -1.03. The molecular weight excluding hydrogens is 403 g/mol. The Hall–Kier alpha value is -3.09. The van der Waals surface area contributed by atoms with Crippen LogP contribution in [0, 0.1) is 19.8 Å². The standard InChI is InChI=1S/C24H24F3N3O/c1-15-21(16(2)30(29-15)14-17-8-4-3-5-9-17)13-28-23(31)20-12-19(20)18-10-6-7-11-22(18)24(25,26)27/h3-11,19-20H,12-14H2,1-2H3,(H,28,31). The van der Waals surface area contributed by atoms with E-state index in [-0.39, 0.29) is 17.4 Å². The van der Waals surface area contributed by atoms with Gasteiger partial charge in [0.05, 0.1) is 17.8 Å². The van der Waals surface area contributed by atoms with Crippen LogP contribution in [0.4, 0.5) is 13.2 Å². The molecule has 3 aromatic rings. The highest BCUT2D eigenvalue weighted by Crippen LogP contribution is 2.51. The zero-order chi connectivity index (χ0) is 22.2. The number of carbonyl (C=O) groups excluding carboxylic acids is 1. The minimum Gasteiger partial charge on any atom is -0.352 e. The van der Waals surface area contributed by atoms with Gasteiger partial charge in [-0.1, -0.05) is 48.5 Å². The average Bonchev–Trinajstić information content (AvgIpc) is 3.49. The van der Waals surface area contributed by atoms with Crippen LogP contribution in [0.15, 0.2) is 54.6 Å². The number of aryl methyl sites for hydroxylation is 1. The maximum atomic E-state index is 13.3. The summed E-state index contributed by atoms with van der Waals surface area (Å²) in [4.78, 5) is 12.6. The molecular formula is C24H24F3N3O. The number of amides is 1. The van der Waals surface area contributed by atoms with Gasteiger partial charge >= 0.3 is 6.18 Å². The van der Waals surface area contributed by atoms with Gasteiger partial charge in [-0.2, -0.15) is 18.3 Å². The highest BCUT2D eigenvalue weighted by Gasteiger charge is 2.47. The first-order valence-corrected chi connectivity index (χ1v) is 10.3. The Bertz CT molecular complexity index is 1090. The second-order valence-corrected chi connectivity index (χ2v) is 8.04. The number of nitrogens with zero attached hydrogens (tertiary/aromatic N) is 2. The molecule has 2 aromatic carbocycles. The first kappa shape index (κ1) is 21.2. The minimum atomic E-state index is -4.41. The van der Waals surface area contributed by atoms with E-state index in [0.29, 0.717) is 19.5 Å².